The summed E-state index contributed by atoms with van der Waals surface area (Å²) in [6.07, 6.45) is 1.52. The molecule has 0 spiro atoms. The van der Waals surface area contributed by atoms with Gasteiger partial charge in [0.15, 0.2) is 0 Å². The highest BCUT2D eigenvalue weighted by Gasteiger charge is 2.21. The number of aromatic nitrogens is 2. The van der Waals surface area contributed by atoms with Crippen LogP contribution in [0, 0.1) is 0 Å². The van der Waals surface area contributed by atoms with Gasteiger partial charge in [-0.15, -0.1) is 0 Å². The largest absolute Gasteiger partial charge is 0.495 e. The minimum absolute atomic E-state index is 0.100. The van der Waals surface area contributed by atoms with E-state index in [1.807, 2.05) is 19.9 Å². The van der Waals surface area contributed by atoms with Gasteiger partial charge in [-0.05, 0) is 18.1 Å². The number of methoxy groups -OCH3 is 2. The lowest BCUT2D eigenvalue weighted by atomic mass is 10.1. The molecule has 6 heteroatoms. The van der Waals surface area contributed by atoms with E-state index in [9.17, 15) is 4.79 Å². The lowest BCUT2D eigenvalue weighted by molar-refractivity contribution is 0.0599. The molecule has 21 heavy (non-hydrogen) atoms. The van der Waals surface area contributed by atoms with Gasteiger partial charge < -0.3 is 9.47 Å². The van der Waals surface area contributed by atoms with Crippen molar-refractivity contribution in [2.45, 2.75) is 19.8 Å². The highest BCUT2D eigenvalue weighted by atomic mass is 35.5. The van der Waals surface area contributed by atoms with Crippen molar-refractivity contribution in [3.8, 4) is 11.4 Å². The molecule has 0 aliphatic heterocycles. The van der Waals surface area contributed by atoms with Gasteiger partial charge in [-0.1, -0.05) is 25.4 Å². The van der Waals surface area contributed by atoms with Crippen LogP contribution in [0.3, 0.4) is 0 Å². The minimum atomic E-state index is -0.397. The van der Waals surface area contributed by atoms with Gasteiger partial charge in [0.25, 0.3) is 0 Å². The molecule has 0 aliphatic carbocycles. The number of carbonyl (C=O) groups excluding carboxylic acids is 1. The molecule has 5 nitrogen and oxygen atoms in total. The third kappa shape index (κ3) is 2.88. The zero-order valence-electron chi connectivity index (χ0n) is 12.4. The summed E-state index contributed by atoms with van der Waals surface area (Å²) in [6, 6.07) is 5.34. The summed E-state index contributed by atoms with van der Waals surface area (Å²) in [4.78, 5) is 11.8. The molecule has 0 aliphatic rings. The Morgan fingerprint density at radius 2 is 2.05 bits per heavy atom. The fourth-order valence-corrected chi connectivity index (χ4v) is 2.36. The van der Waals surface area contributed by atoms with E-state index in [0.717, 1.165) is 11.4 Å². The predicted octanol–water partition coefficient (Wildman–Crippen LogP) is 3.44. The first-order chi connectivity index (χ1) is 9.99. The quantitative estimate of drug-likeness (QED) is 0.812. The first-order valence-electron chi connectivity index (χ1n) is 6.49. The third-order valence-corrected chi connectivity index (χ3v) is 3.45. The monoisotopic (exact) mass is 308 g/mol. The second-order valence-corrected chi connectivity index (χ2v) is 5.23. The number of rotatable bonds is 4. The van der Waals surface area contributed by atoms with Gasteiger partial charge >= 0.3 is 5.97 Å². The minimum Gasteiger partial charge on any atom is -0.495 e. The Labute approximate surface area is 128 Å². The predicted molar refractivity (Wildman–Crippen MR) is 80.6 cm³/mol. The summed E-state index contributed by atoms with van der Waals surface area (Å²) in [5.41, 5.74) is 2.02. The maximum Gasteiger partial charge on any atom is 0.341 e. The van der Waals surface area contributed by atoms with Crippen LogP contribution in [-0.4, -0.2) is 30.0 Å². The molecule has 1 aromatic carbocycles. The molecule has 0 saturated heterocycles. The maximum atomic E-state index is 11.8. The maximum absolute atomic E-state index is 11.8. The topological polar surface area (TPSA) is 53.3 Å². The van der Waals surface area contributed by atoms with Gasteiger partial charge in [-0.2, -0.15) is 5.10 Å². The molecule has 0 N–H and O–H groups in total. The van der Waals surface area contributed by atoms with E-state index in [0.29, 0.717) is 16.3 Å². The average molecular weight is 309 g/mol. The first-order valence-corrected chi connectivity index (χ1v) is 6.87. The van der Waals surface area contributed by atoms with Crippen LogP contribution < -0.4 is 4.74 Å². The van der Waals surface area contributed by atoms with Crippen LogP contribution in [0.15, 0.2) is 24.4 Å². The number of nitrogens with zero attached hydrogens (tertiary/aromatic N) is 2. The van der Waals surface area contributed by atoms with Crippen molar-refractivity contribution in [1.29, 1.82) is 0 Å². The van der Waals surface area contributed by atoms with Crippen molar-refractivity contribution in [3.63, 3.8) is 0 Å². The van der Waals surface area contributed by atoms with Crippen LogP contribution in [0.5, 0.6) is 5.75 Å². The number of hydrogen-bond acceptors (Lipinski definition) is 4. The van der Waals surface area contributed by atoms with E-state index >= 15 is 0 Å². The number of benzene rings is 1. The van der Waals surface area contributed by atoms with E-state index in [2.05, 4.69) is 5.10 Å². The summed E-state index contributed by atoms with van der Waals surface area (Å²) in [5.74, 6) is 0.258. The van der Waals surface area contributed by atoms with Crippen LogP contribution in [0.1, 0.15) is 35.8 Å². The molecule has 0 bridgehead atoms. The van der Waals surface area contributed by atoms with Gasteiger partial charge in [-0.3, -0.25) is 0 Å². The van der Waals surface area contributed by atoms with Gasteiger partial charge in [0.05, 0.1) is 36.8 Å². The van der Waals surface area contributed by atoms with Crippen molar-refractivity contribution in [2.75, 3.05) is 14.2 Å². The SMILES string of the molecule is COC(=O)c1cnn(-c2ccc(Cl)c(OC)c2)c1C(C)C. The summed E-state index contributed by atoms with van der Waals surface area (Å²) in [5, 5.41) is 4.82. The molecule has 2 rings (SSSR count). The van der Waals surface area contributed by atoms with E-state index in [1.165, 1.54) is 13.3 Å². The second kappa shape index (κ2) is 6.18. The number of esters is 1. The molecule has 1 heterocycles. The van der Waals surface area contributed by atoms with E-state index in [1.54, 1.807) is 23.9 Å². The van der Waals surface area contributed by atoms with E-state index < -0.39 is 5.97 Å². The van der Waals surface area contributed by atoms with Crippen molar-refractivity contribution < 1.29 is 14.3 Å². The lowest BCUT2D eigenvalue weighted by Crippen LogP contribution is -2.09. The lowest BCUT2D eigenvalue weighted by Gasteiger charge is -2.13. The Morgan fingerprint density at radius 3 is 2.62 bits per heavy atom. The van der Waals surface area contributed by atoms with Crippen LogP contribution in [0.4, 0.5) is 0 Å². The Balaban J connectivity index is 2.59. The normalized spacial score (nSPS) is 10.8. The van der Waals surface area contributed by atoms with E-state index in [-0.39, 0.29) is 5.92 Å². The van der Waals surface area contributed by atoms with Crippen LogP contribution in [0.2, 0.25) is 5.02 Å². The molecule has 0 atom stereocenters. The van der Waals surface area contributed by atoms with Gasteiger partial charge in [0.2, 0.25) is 0 Å². The Kier molecular flexibility index (Phi) is 4.53. The van der Waals surface area contributed by atoms with Gasteiger partial charge in [0, 0.05) is 6.07 Å². The van der Waals surface area contributed by atoms with E-state index in [4.69, 9.17) is 21.1 Å². The molecule has 1 aromatic heterocycles. The highest BCUT2D eigenvalue weighted by Crippen LogP contribution is 2.29. The molecule has 2 aromatic rings. The summed E-state index contributed by atoms with van der Waals surface area (Å²) < 4.78 is 11.7. The molecular formula is C15H17ClN2O3. The molecule has 0 amide bonds. The van der Waals surface area contributed by atoms with Gasteiger partial charge in [-0.25, -0.2) is 9.48 Å². The summed E-state index contributed by atoms with van der Waals surface area (Å²) >= 11 is 6.04. The number of hydrogen-bond donors (Lipinski definition) is 0. The number of halogens is 1. The molecule has 112 valence electrons. The van der Waals surface area contributed by atoms with Crippen LogP contribution >= 0.6 is 11.6 Å². The third-order valence-electron chi connectivity index (χ3n) is 3.14. The summed E-state index contributed by atoms with van der Waals surface area (Å²) in [7, 11) is 2.91. The fourth-order valence-electron chi connectivity index (χ4n) is 2.17. The second-order valence-electron chi connectivity index (χ2n) is 4.82. The fraction of sp³-hybridized carbons (Fsp3) is 0.333. The zero-order chi connectivity index (χ0) is 15.6. The van der Waals surface area contributed by atoms with Crippen LogP contribution in [-0.2, 0) is 4.74 Å². The molecule has 0 saturated carbocycles. The Morgan fingerprint density at radius 1 is 1.33 bits per heavy atom. The van der Waals surface area contributed by atoms with Crippen LogP contribution in [0.25, 0.3) is 5.69 Å². The average Bonchev–Trinajstić information content (AvgIpc) is 2.92. The molecule has 0 fully saturated rings. The van der Waals surface area contributed by atoms with Gasteiger partial charge in [0.1, 0.15) is 11.3 Å². The smallest absolute Gasteiger partial charge is 0.341 e. The Hall–Kier alpha value is -2.01. The van der Waals surface area contributed by atoms with Crippen molar-refractivity contribution in [2.24, 2.45) is 0 Å². The summed E-state index contributed by atoms with van der Waals surface area (Å²) in [6.45, 7) is 3.99. The number of carbonyl (C=O) groups is 1. The Bertz CT molecular complexity index is 665. The number of ether oxygens (including phenoxy) is 2. The standard InChI is InChI=1S/C15H17ClN2O3/c1-9(2)14-11(15(19)21-4)8-17-18(14)10-5-6-12(16)13(7-10)20-3/h5-9H,1-4H3. The van der Waals surface area contributed by atoms with Crippen molar-refractivity contribution in [1.82, 2.24) is 9.78 Å². The van der Waals surface area contributed by atoms with Crippen molar-refractivity contribution in [3.05, 3.63) is 40.7 Å². The molecular weight excluding hydrogens is 292 g/mol. The highest BCUT2D eigenvalue weighted by molar-refractivity contribution is 6.32. The molecule has 0 radical (unpaired) electrons. The van der Waals surface area contributed by atoms with Crippen molar-refractivity contribution >= 4 is 17.6 Å². The zero-order valence-corrected chi connectivity index (χ0v) is 13.1. The first kappa shape index (κ1) is 15.4. The molecule has 0 unspecified atom stereocenters.